The van der Waals surface area contributed by atoms with E-state index in [4.69, 9.17) is 11.6 Å². The summed E-state index contributed by atoms with van der Waals surface area (Å²) in [4.78, 5) is 4.27. The molecule has 0 bridgehead atoms. The number of aliphatic hydroxyl groups excluding tert-OH is 1. The van der Waals surface area contributed by atoms with Crippen molar-refractivity contribution in [2.24, 2.45) is 0 Å². The van der Waals surface area contributed by atoms with Gasteiger partial charge < -0.3 is 5.11 Å². The topological polar surface area (TPSA) is 33.1 Å². The molecule has 106 valence electrons. The quantitative estimate of drug-likeness (QED) is 0.782. The standard InChI is InChI=1S/C17H13ClFNO/c18-14-6-5-11(9-15(14)19)10-16(21)17-13-4-2-1-3-12(13)7-8-20-17/h1-9,16,21H,10H2. The summed E-state index contributed by atoms with van der Waals surface area (Å²) in [7, 11) is 0. The number of aromatic nitrogens is 1. The molecule has 1 N–H and O–H groups in total. The summed E-state index contributed by atoms with van der Waals surface area (Å²) in [6.07, 6.45) is 1.16. The Morgan fingerprint density at radius 1 is 1.14 bits per heavy atom. The van der Waals surface area contributed by atoms with Gasteiger partial charge in [0.05, 0.1) is 10.7 Å². The van der Waals surface area contributed by atoms with Gasteiger partial charge in [0, 0.05) is 18.0 Å². The van der Waals surface area contributed by atoms with E-state index in [2.05, 4.69) is 4.98 Å². The maximum Gasteiger partial charge on any atom is 0.142 e. The first kappa shape index (κ1) is 14.0. The van der Waals surface area contributed by atoms with Crippen molar-refractivity contribution in [3.05, 3.63) is 76.8 Å². The monoisotopic (exact) mass is 301 g/mol. The first-order valence-electron chi connectivity index (χ1n) is 6.61. The molecule has 1 atom stereocenters. The number of aliphatic hydroxyl groups is 1. The third-order valence-corrected chi connectivity index (χ3v) is 3.74. The first-order valence-corrected chi connectivity index (χ1v) is 6.98. The summed E-state index contributed by atoms with van der Waals surface area (Å²) in [6, 6.07) is 14.2. The van der Waals surface area contributed by atoms with Gasteiger partial charge in [-0.15, -0.1) is 0 Å². The zero-order chi connectivity index (χ0) is 14.8. The SMILES string of the molecule is OC(Cc1ccc(Cl)c(F)c1)c1nccc2ccccc12. The fourth-order valence-corrected chi connectivity index (χ4v) is 2.51. The third-order valence-electron chi connectivity index (χ3n) is 3.43. The van der Waals surface area contributed by atoms with Gasteiger partial charge in [-0.25, -0.2) is 4.39 Å². The van der Waals surface area contributed by atoms with Gasteiger partial charge >= 0.3 is 0 Å². The maximum absolute atomic E-state index is 13.5. The van der Waals surface area contributed by atoms with Crippen molar-refractivity contribution in [3.8, 4) is 0 Å². The van der Waals surface area contributed by atoms with Crippen LogP contribution in [0.2, 0.25) is 5.02 Å². The molecule has 0 aliphatic heterocycles. The summed E-state index contributed by atoms with van der Waals surface area (Å²) < 4.78 is 13.5. The van der Waals surface area contributed by atoms with Gasteiger partial charge in [0.25, 0.3) is 0 Å². The largest absolute Gasteiger partial charge is 0.386 e. The average Bonchev–Trinajstić information content (AvgIpc) is 2.50. The van der Waals surface area contributed by atoms with E-state index in [9.17, 15) is 9.50 Å². The Hall–Kier alpha value is -1.97. The smallest absolute Gasteiger partial charge is 0.142 e. The molecule has 21 heavy (non-hydrogen) atoms. The lowest BCUT2D eigenvalue weighted by atomic mass is 10.0. The molecule has 4 heteroatoms. The van der Waals surface area contributed by atoms with Crippen LogP contribution < -0.4 is 0 Å². The molecule has 0 spiro atoms. The highest BCUT2D eigenvalue weighted by molar-refractivity contribution is 6.30. The number of pyridine rings is 1. The van der Waals surface area contributed by atoms with Crippen molar-refractivity contribution in [2.75, 3.05) is 0 Å². The number of halogens is 2. The molecule has 2 aromatic carbocycles. The fourth-order valence-electron chi connectivity index (χ4n) is 2.40. The number of rotatable bonds is 3. The van der Waals surface area contributed by atoms with Crippen molar-refractivity contribution in [3.63, 3.8) is 0 Å². The van der Waals surface area contributed by atoms with Crippen LogP contribution in [-0.2, 0) is 6.42 Å². The second-order valence-electron chi connectivity index (χ2n) is 4.89. The molecule has 0 aliphatic carbocycles. The van der Waals surface area contributed by atoms with E-state index in [0.717, 1.165) is 10.8 Å². The van der Waals surface area contributed by atoms with Crippen LogP contribution in [0.4, 0.5) is 4.39 Å². The first-order chi connectivity index (χ1) is 10.1. The lowest BCUT2D eigenvalue weighted by Crippen LogP contribution is -2.05. The van der Waals surface area contributed by atoms with Gasteiger partial charge in [-0.1, -0.05) is 41.9 Å². The van der Waals surface area contributed by atoms with Gasteiger partial charge in [-0.2, -0.15) is 0 Å². The highest BCUT2D eigenvalue weighted by Crippen LogP contribution is 2.25. The van der Waals surface area contributed by atoms with E-state index < -0.39 is 11.9 Å². The Labute approximate surface area is 126 Å². The number of fused-ring (bicyclic) bond motifs is 1. The van der Waals surface area contributed by atoms with Crippen molar-refractivity contribution in [1.29, 1.82) is 0 Å². The molecule has 3 aromatic rings. The van der Waals surface area contributed by atoms with Crippen LogP contribution in [-0.4, -0.2) is 10.1 Å². The number of nitrogens with zero attached hydrogens (tertiary/aromatic N) is 1. The van der Waals surface area contributed by atoms with Gasteiger partial charge in [0.15, 0.2) is 0 Å². The Morgan fingerprint density at radius 2 is 1.95 bits per heavy atom. The minimum atomic E-state index is -0.795. The van der Waals surface area contributed by atoms with Crippen LogP contribution in [0.25, 0.3) is 10.8 Å². The predicted molar refractivity (Wildman–Crippen MR) is 81.8 cm³/mol. The van der Waals surface area contributed by atoms with Crippen LogP contribution in [0.15, 0.2) is 54.7 Å². The summed E-state index contributed by atoms with van der Waals surface area (Å²) in [6.45, 7) is 0. The lowest BCUT2D eigenvalue weighted by Gasteiger charge is -2.13. The van der Waals surface area contributed by atoms with Crippen LogP contribution in [0.3, 0.4) is 0 Å². The Morgan fingerprint density at radius 3 is 2.76 bits per heavy atom. The van der Waals surface area contributed by atoms with Crippen molar-refractivity contribution in [2.45, 2.75) is 12.5 Å². The van der Waals surface area contributed by atoms with Gasteiger partial charge in [0.1, 0.15) is 11.9 Å². The molecule has 0 aliphatic rings. The van der Waals surface area contributed by atoms with E-state index in [1.165, 1.54) is 12.1 Å². The van der Waals surface area contributed by atoms with Crippen LogP contribution in [0.5, 0.6) is 0 Å². The summed E-state index contributed by atoms with van der Waals surface area (Å²) in [5, 5.41) is 12.4. The van der Waals surface area contributed by atoms with E-state index in [1.807, 2.05) is 30.3 Å². The highest BCUT2D eigenvalue weighted by Gasteiger charge is 2.14. The van der Waals surface area contributed by atoms with E-state index in [0.29, 0.717) is 11.3 Å². The Kier molecular flexibility index (Phi) is 3.86. The lowest BCUT2D eigenvalue weighted by molar-refractivity contribution is 0.175. The van der Waals surface area contributed by atoms with Crippen LogP contribution >= 0.6 is 11.6 Å². The molecule has 0 amide bonds. The molecule has 0 fully saturated rings. The Balaban J connectivity index is 1.93. The van der Waals surface area contributed by atoms with Gasteiger partial charge in [0.2, 0.25) is 0 Å². The number of benzene rings is 2. The normalized spacial score (nSPS) is 12.5. The fraction of sp³-hybridized carbons (Fsp3) is 0.118. The average molecular weight is 302 g/mol. The van der Waals surface area contributed by atoms with E-state index in [-0.39, 0.29) is 11.4 Å². The zero-order valence-electron chi connectivity index (χ0n) is 11.1. The molecule has 3 rings (SSSR count). The summed E-state index contributed by atoms with van der Waals surface area (Å²) in [5.41, 5.74) is 1.28. The molecule has 0 saturated carbocycles. The molecule has 0 saturated heterocycles. The molecule has 1 unspecified atom stereocenters. The van der Waals surface area contributed by atoms with Crippen molar-refractivity contribution < 1.29 is 9.50 Å². The van der Waals surface area contributed by atoms with E-state index in [1.54, 1.807) is 12.3 Å². The predicted octanol–water partition coefficient (Wildman–Crippen LogP) is 4.30. The Bertz CT molecular complexity index is 785. The summed E-state index contributed by atoms with van der Waals surface area (Å²) >= 11 is 5.66. The van der Waals surface area contributed by atoms with Crippen molar-refractivity contribution >= 4 is 22.4 Å². The molecular weight excluding hydrogens is 289 g/mol. The van der Waals surface area contributed by atoms with Gasteiger partial charge in [-0.05, 0) is 29.1 Å². The highest BCUT2D eigenvalue weighted by atomic mass is 35.5. The molecule has 0 radical (unpaired) electrons. The second-order valence-corrected chi connectivity index (χ2v) is 5.29. The maximum atomic E-state index is 13.5. The number of hydrogen-bond acceptors (Lipinski definition) is 2. The molecule has 1 heterocycles. The van der Waals surface area contributed by atoms with Crippen molar-refractivity contribution in [1.82, 2.24) is 4.98 Å². The van der Waals surface area contributed by atoms with Gasteiger partial charge in [-0.3, -0.25) is 4.98 Å². The van der Waals surface area contributed by atoms with E-state index >= 15 is 0 Å². The summed E-state index contributed by atoms with van der Waals surface area (Å²) in [5.74, 6) is -0.479. The molecular formula is C17H13ClFNO. The second kappa shape index (κ2) is 5.80. The minimum Gasteiger partial charge on any atom is -0.386 e. The third kappa shape index (κ3) is 2.89. The van der Waals surface area contributed by atoms with Crippen LogP contribution in [0.1, 0.15) is 17.4 Å². The molecule has 1 aromatic heterocycles. The number of hydrogen-bond donors (Lipinski definition) is 1. The molecule has 2 nitrogen and oxygen atoms in total. The minimum absolute atomic E-state index is 0.0801. The van der Waals surface area contributed by atoms with Crippen LogP contribution in [0, 0.1) is 5.82 Å². The zero-order valence-corrected chi connectivity index (χ0v) is 11.9.